The van der Waals surface area contributed by atoms with Crippen LogP contribution >= 0.6 is 11.3 Å². The Hall–Kier alpha value is -1.98. The summed E-state index contributed by atoms with van der Waals surface area (Å²) < 4.78 is 6.45. The molecule has 1 amide bonds. The van der Waals surface area contributed by atoms with Crippen molar-refractivity contribution in [2.24, 2.45) is 5.92 Å². The van der Waals surface area contributed by atoms with Crippen LogP contribution in [0, 0.1) is 17.8 Å². The molecular formula is C22H26N4O2S. The maximum absolute atomic E-state index is 12.8. The first-order valence-electron chi connectivity index (χ1n) is 10.5. The number of fused-ring (bicyclic) bond motifs is 4. The minimum Gasteiger partial charge on any atom is -0.379 e. The summed E-state index contributed by atoms with van der Waals surface area (Å²) in [6.07, 6.45) is 4.17. The zero-order valence-corrected chi connectivity index (χ0v) is 17.3. The number of carbonyl (C=O) groups excluding carboxylic acids is 1. The number of nitrogens with zero attached hydrogens (tertiary/aromatic N) is 3. The van der Waals surface area contributed by atoms with E-state index in [4.69, 9.17) is 4.74 Å². The molecule has 0 spiro atoms. The quantitative estimate of drug-likeness (QED) is 0.782. The molecule has 4 saturated heterocycles. The van der Waals surface area contributed by atoms with E-state index in [1.54, 1.807) is 17.5 Å². The van der Waals surface area contributed by atoms with Gasteiger partial charge in [0.15, 0.2) is 0 Å². The number of hydrogen-bond acceptors (Lipinski definition) is 6. The van der Waals surface area contributed by atoms with Gasteiger partial charge in [0, 0.05) is 48.2 Å². The van der Waals surface area contributed by atoms with Crippen LogP contribution in [0.5, 0.6) is 0 Å². The third kappa shape index (κ3) is 4.17. The van der Waals surface area contributed by atoms with Crippen molar-refractivity contribution >= 4 is 27.3 Å². The average Bonchev–Trinajstić information content (AvgIpc) is 3.18. The molecule has 7 heteroatoms. The van der Waals surface area contributed by atoms with Crippen molar-refractivity contribution in [3.63, 3.8) is 0 Å². The van der Waals surface area contributed by atoms with E-state index < -0.39 is 0 Å². The number of ether oxygens (including phenoxy) is 1. The Labute approximate surface area is 175 Å². The minimum atomic E-state index is -0.0657. The second kappa shape index (κ2) is 8.41. The van der Waals surface area contributed by atoms with E-state index in [1.165, 1.54) is 25.9 Å². The van der Waals surface area contributed by atoms with Gasteiger partial charge < -0.3 is 15.0 Å². The van der Waals surface area contributed by atoms with E-state index in [0.717, 1.165) is 55.0 Å². The number of pyridine rings is 1. The van der Waals surface area contributed by atoms with Gasteiger partial charge in [-0.3, -0.25) is 9.69 Å². The monoisotopic (exact) mass is 410 g/mol. The lowest BCUT2D eigenvalue weighted by Crippen LogP contribution is -2.57. The number of morpholine rings is 1. The predicted molar refractivity (Wildman–Crippen MR) is 114 cm³/mol. The number of piperidine rings is 3. The van der Waals surface area contributed by atoms with Crippen LogP contribution < -0.4 is 5.32 Å². The maximum atomic E-state index is 12.8. The summed E-state index contributed by atoms with van der Waals surface area (Å²) in [6.45, 7) is 7.50. The second-order valence-corrected chi connectivity index (χ2v) is 9.03. The highest BCUT2D eigenvalue weighted by atomic mass is 32.1. The number of thiophene rings is 1. The van der Waals surface area contributed by atoms with Gasteiger partial charge in [-0.2, -0.15) is 0 Å². The lowest BCUT2D eigenvalue weighted by atomic mass is 9.84. The van der Waals surface area contributed by atoms with Gasteiger partial charge in [-0.05, 0) is 37.9 Å². The molecule has 6 nitrogen and oxygen atoms in total. The fourth-order valence-electron chi connectivity index (χ4n) is 4.53. The van der Waals surface area contributed by atoms with Gasteiger partial charge in [-0.25, -0.2) is 4.98 Å². The molecule has 1 atom stereocenters. The molecule has 0 radical (unpaired) electrons. The molecule has 0 aromatic carbocycles. The molecule has 0 aliphatic carbocycles. The smallest absolute Gasteiger partial charge is 0.270 e. The van der Waals surface area contributed by atoms with Crippen molar-refractivity contribution in [2.75, 3.05) is 52.5 Å². The third-order valence-electron chi connectivity index (χ3n) is 6.30. The fraction of sp³-hybridized carbons (Fsp3) is 0.545. The van der Waals surface area contributed by atoms with Crippen molar-refractivity contribution in [3.8, 4) is 11.8 Å². The van der Waals surface area contributed by atoms with Gasteiger partial charge in [0.25, 0.3) is 5.91 Å². The summed E-state index contributed by atoms with van der Waals surface area (Å²) in [5, 5.41) is 6.32. The molecule has 6 rings (SSSR count). The molecule has 2 aromatic rings. The molecule has 152 valence electrons. The highest BCUT2D eigenvalue weighted by Crippen LogP contribution is 2.28. The first-order chi connectivity index (χ1) is 14.3. The number of rotatable bonds is 3. The first-order valence-corrected chi connectivity index (χ1v) is 11.3. The molecular weight excluding hydrogens is 384 g/mol. The summed E-state index contributed by atoms with van der Waals surface area (Å²) in [4.78, 5) is 22.0. The van der Waals surface area contributed by atoms with E-state index in [2.05, 4.69) is 37.3 Å². The van der Waals surface area contributed by atoms with Gasteiger partial charge >= 0.3 is 0 Å². The third-order valence-corrected chi connectivity index (χ3v) is 7.23. The zero-order chi connectivity index (χ0) is 19.6. The number of carbonyl (C=O) groups is 1. The highest BCUT2D eigenvalue weighted by Gasteiger charge is 2.35. The minimum absolute atomic E-state index is 0.0657. The van der Waals surface area contributed by atoms with Crippen molar-refractivity contribution in [3.05, 3.63) is 28.9 Å². The summed E-state index contributed by atoms with van der Waals surface area (Å²) in [7, 11) is 0. The Balaban J connectivity index is 1.29. The maximum Gasteiger partial charge on any atom is 0.270 e. The van der Waals surface area contributed by atoms with Gasteiger partial charge in [0.05, 0.1) is 24.5 Å². The SMILES string of the molecule is O=C(N[C@H]1CN2CCC1CC2)c1cc2c(C#CCN3CCOCC3)csc2cn1. The topological polar surface area (TPSA) is 57.7 Å². The zero-order valence-electron chi connectivity index (χ0n) is 16.5. The summed E-state index contributed by atoms with van der Waals surface area (Å²) >= 11 is 1.63. The Kier molecular flexibility index (Phi) is 5.51. The predicted octanol–water partition coefficient (Wildman–Crippen LogP) is 1.80. The highest BCUT2D eigenvalue weighted by molar-refractivity contribution is 7.17. The molecule has 0 saturated carbocycles. The van der Waals surface area contributed by atoms with Gasteiger partial charge in [-0.15, -0.1) is 11.3 Å². The van der Waals surface area contributed by atoms with E-state index in [-0.39, 0.29) is 11.9 Å². The molecule has 4 fully saturated rings. The average molecular weight is 411 g/mol. The van der Waals surface area contributed by atoms with E-state index in [9.17, 15) is 4.79 Å². The second-order valence-electron chi connectivity index (χ2n) is 8.12. The Morgan fingerprint density at radius 2 is 2.10 bits per heavy atom. The van der Waals surface area contributed by atoms with E-state index in [0.29, 0.717) is 11.6 Å². The van der Waals surface area contributed by atoms with Crippen molar-refractivity contribution in [1.29, 1.82) is 0 Å². The molecule has 2 aromatic heterocycles. The van der Waals surface area contributed by atoms with Crippen LogP contribution in [0.25, 0.3) is 10.1 Å². The summed E-state index contributed by atoms with van der Waals surface area (Å²) in [5.74, 6) is 7.12. The molecule has 29 heavy (non-hydrogen) atoms. The van der Waals surface area contributed by atoms with Gasteiger partial charge in [-0.1, -0.05) is 11.8 Å². The van der Waals surface area contributed by atoms with Crippen LogP contribution in [0.2, 0.25) is 0 Å². The lowest BCUT2D eigenvalue weighted by Gasteiger charge is -2.44. The molecule has 4 aliphatic heterocycles. The van der Waals surface area contributed by atoms with Crippen LogP contribution in [0.3, 0.4) is 0 Å². The van der Waals surface area contributed by atoms with Crippen LogP contribution in [-0.4, -0.2) is 79.2 Å². The molecule has 4 aliphatic rings. The van der Waals surface area contributed by atoms with Crippen molar-refractivity contribution in [1.82, 2.24) is 20.1 Å². The standard InChI is InChI=1S/C22H26N4O2S/c27-22(24-20-14-26-6-3-16(20)4-7-26)19-12-18-17(15-29-21(18)13-23-19)2-1-5-25-8-10-28-11-9-25/h12-13,15-16,20H,3-11,14H2,(H,24,27)/t20-/m0/s1. The number of aromatic nitrogens is 1. The van der Waals surface area contributed by atoms with E-state index >= 15 is 0 Å². The number of nitrogens with one attached hydrogen (secondary N) is 1. The first kappa shape index (κ1) is 19.0. The fourth-order valence-corrected chi connectivity index (χ4v) is 5.37. The van der Waals surface area contributed by atoms with Gasteiger partial charge in [0.1, 0.15) is 5.69 Å². The van der Waals surface area contributed by atoms with Crippen LogP contribution in [0.4, 0.5) is 0 Å². The van der Waals surface area contributed by atoms with Gasteiger partial charge in [0.2, 0.25) is 0 Å². The Morgan fingerprint density at radius 3 is 2.86 bits per heavy atom. The molecule has 0 unspecified atom stereocenters. The Bertz CT molecular complexity index is 949. The summed E-state index contributed by atoms with van der Waals surface area (Å²) in [6, 6.07) is 2.15. The number of hydrogen-bond donors (Lipinski definition) is 1. The summed E-state index contributed by atoms with van der Waals surface area (Å²) in [5.41, 5.74) is 1.47. The Morgan fingerprint density at radius 1 is 1.28 bits per heavy atom. The van der Waals surface area contributed by atoms with Crippen LogP contribution in [-0.2, 0) is 4.74 Å². The number of amides is 1. The lowest BCUT2D eigenvalue weighted by molar-refractivity contribution is 0.0443. The molecule has 6 heterocycles. The van der Waals surface area contributed by atoms with Crippen molar-refractivity contribution in [2.45, 2.75) is 18.9 Å². The van der Waals surface area contributed by atoms with Crippen LogP contribution in [0.15, 0.2) is 17.6 Å². The normalized spacial score (nSPS) is 26.8. The molecule has 2 bridgehead atoms. The largest absolute Gasteiger partial charge is 0.379 e. The van der Waals surface area contributed by atoms with Crippen LogP contribution in [0.1, 0.15) is 28.9 Å². The van der Waals surface area contributed by atoms with Crippen molar-refractivity contribution < 1.29 is 9.53 Å². The van der Waals surface area contributed by atoms with E-state index in [1.807, 2.05) is 6.07 Å². The molecule has 1 N–H and O–H groups in total.